The highest BCUT2D eigenvalue weighted by molar-refractivity contribution is 5.52. The van der Waals surface area contributed by atoms with Crippen molar-refractivity contribution in [1.82, 2.24) is 0 Å². The van der Waals surface area contributed by atoms with Crippen LogP contribution in [0.25, 0.3) is 0 Å². The Bertz CT molecular complexity index is 541. The topological polar surface area (TPSA) is 70.5 Å². The van der Waals surface area contributed by atoms with Gasteiger partial charge in [-0.05, 0) is 42.8 Å². The van der Waals surface area contributed by atoms with Gasteiger partial charge in [-0.25, -0.2) is 0 Å². The van der Waals surface area contributed by atoms with Crippen molar-refractivity contribution >= 4 is 11.4 Å². The first-order chi connectivity index (χ1) is 8.66. The largest absolute Gasteiger partial charge is 0.457 e. The van der Waals surface area contributed by atoms with E-state index in [-0.39, 0.29) is 6.79 Å². The molecule has 4 nitrogen and oxygen atoms in total. The van der Waals surface area contributed by atoms with Gasteiger partial charge in [0.05, 0.1) is 5.69 Å². The second-order valence-electron chi connectivity index (χ2n) is 3.96. The van der Waals surface area contributed by atoms with Gasteiger partial charge in [0.1, 0.15) is 11.5 Å². The van der Waals surface area contributed by atoms with Crippen molar-refractivity contribution in [3.8, 4) is 11.5 Å². The average Bonchev–Trinajstić information content (AvgIpc) is 2.36. The van der Waals surface area contributed by atoms with Crippen LogP contribution in [0.1, 0.15) is 5.56 Å². The van der Waals surface area contributed by atoms with Crippen LogP contribution < -0.4 is 20.9 Å². The monoisotopic (exact) mass is 244 g/mol. The fraction of sp³-hybridized carbons (Fsp3) is 0.143. The predicted molar refractivity (Wildman–Crippen MR) is 72.6 cm³/mol. The summed E-state index contributed by atoms with van der Waals surface area (Å²) in [4.78, 5) is 0. The van der Waals surface area contributed by atoms with Crippen molar-refractivity contribution in [2.45, 2.75) is 6.92 Å². The molecular formula is C14H16N2O2. The molecule has 0 radical (unpaired) electrons. The third-order valence-electron chi connectivity index (χ3n) is 2.60. The molecule has 0 heterocycles. The second-order valence-corrected chi connectivity index (χ2v) is 3.96. The van der Waals surface area contributed by atoms with E-state index in [9.17, 15) is 0 Å². The fourth-order valence-corrected chi connectivity index (χ4v) is 1.51. The zero-order valence-corrected chi connectivity index (χ0v) is 10.2. The molecule has 0 bridgehead atoms. The van der Waals surface area contributed by atoms with Crippen LogP contribution in [0.4, 0.5) is 11.4 Å². The molecule has 0 saturated carbocycles. The zero-order valence-electron chi connectivity index (χ0n) is 10.2. The van der Waals surface area contributed by atoms with Crippen molar-refractivity contribution in [3.63, 3.8) is 0 Å². The first-order valence-electron chi connectivity index (χ1n) is 5.63. The van der Waals surface area contributed by atoms with Crippen LogP contribution in [-0.2, 0) is 0 Å². The molecule has 94 valence electrons. The van der Waals surface area contributed by atoms with Gasteiger partial charge in [0.25, 0.3) is 0 Å². The number of nitrogens with two attached hydrogens (primary N) is 2. The molecule has 4 heteroatoms. The molecule has 0 atom stereocenters. The van der Waals surface area contributed by atoms with E-state index < -0.39 is 0 Å². The summed E-state index contributed by atoms with van der Waals surface area (Å²) in [5.74, 6) is 1.33. The number of hydrogen-bond donors (Lipinski definition) is 2. The van der Waals surface area contributed by atoms with Gasteiger partial charge in [0.15, 0.2) is 0 Å². The number of nitrogen functional groups attached to an aromatic ring is 2. The molecule has 2 rings (SSSR count). The molecule has 18 heavy (non-hydrogen) atoms. The molecule has 0 fully saturated rings. The van der Waals surface area contributed by atoms with E-state index in [0.29, 0.717) is 11.4 Å². The third kappa shape index (κ3) is 2.85. The summed E-state index contributed by atoms with van der Waals surface area (Å²) >= 11 is 0. The van der Waals surface area contributed by atoms with Gasteiger partial charge in [-0.2, -0.15) is 0 Å². The summed E-state index contributed by atoms with van der Waals surface area (Å²) < 4.78 is 10.9. The average molecular weight is 244 g/mol. The molecule has 2 aromatic carbocycles. The molecule has 0 saturated heterocycles. The Labute approximate surface area is 106 Å². The van der Waals surface area contributed by atoms with E-state index in [2.05, 4.69) is 0 Å². The zero-order chi connectivity index (χ0) is 13.0. The molecule has 4 N–H and O–H groups in total. The van der Waals surface area contributed by atoms with Crippen LogP contribution in [0.5, 0.6) is 11.5 Å². The molecule has 0 aliphatic rings. The van der Waals surface area contributed by atoms with Crippen LogP contribution in [0.3, 0.4) is 0 Å². The van der Waals surface area contributed by atoms with Crippen molar-refractivity contribution in [2.24, 2.45) is 0 Å². The highest BCUT2D eigenvalue weighted by atomic mass is 16.7. The van der Waals surface area contributed by atoms with E-state index in [1.807, 2.05) is 31.2 Å². The quantitative estimate of drug-likeness (QED) is 0.640. The Balaban J connectivity index is 1.92. The van der Waals surface area contributed by atoms with Crippen molar-refractivity contribution < 1.29 is 9.47 Å². The molecule has 0 aromatic heterocycles. The molecule has 2 aromatic rings. The van der Waals surface area contributed by atoms with Gasteiger partial charge in [0, 0.05) is 5.69 Å². The van der Waals surface area contributed by atoms with E-state index in [1.165, 1.54) is 0 Å². The first kappa shape index (κ1) is 12.1. The summed E-state index contributed by atoms with van der Waals surface area (Å²) in [6.45, 7) is 2.04. The lowest BCUT2D eigenvalue weighted by Gasteiger charge is -2.11. The number of aryl methyl sites for hydroxylation is 1. The summed E-state index contributed by atoms with van der Waals surface area (Å²) in [6, 6.07) is 12.8. The number of benzene rings is 2. The van der Waals surface area contributed by atoms with E-state index in [0.717, 1.165) is 17.0 Å². The molecule has 0 spiro atoms. The Morgan fingerprint density at radius 1 is 0.944 bits per heavy atom. The minimum absolute atomic E-state index is 0.109. The van der Waals surface area contributed by atoms with E-state index >= 15 is 0 Å². The summed E-state index contributed by atoms with van der Waals surface area (Å²) in [7, 11) is 0. The number of para-hydroxylation sites is 2. The normalized spacial score (nSPS) is 10.1. The molecule has 0 aliphatic carbocycles. The number of ether oxygens (including phenoxy) is 2. The van der Waals surface area contributed by atoms with Crippen molar-refractivity contribution in [2.75, 3.05) is 18.3 Å². The summed E-state index contributed by atoms with van der Waals surface area (Å²) in [5.41, 5.74) is 13.8. The van der Waals surface area contributed by atoms with Gasteiger partial charge < -0.3 is 20.9 Å². The Morgan fingerprint density at radius 3 is 2.44 bits per heavy atom. The number of hydrogen-bond acceptors (Lipinski definition) is 4. The smallest absolute Gasteiger partial charge is 0.230 e. The van der Waals surface area contributed by atoms with Crippen LogP contribution in [-0.4, -0.2) is 6.79 Å². The Hall–Kier alpha value is -2.36. The van der Waals surface area contributed by atoms with Crippen LogP contribution in [0, 0.1) is 6.92 Å². The summed E-state index contributed by atoms with van der Waals surface area (Å²) in [5, 5.41) is 0. The Morgan fingerprint density at radius 2 is 1.72 bits per heavy atom. The van der Waals surface area contributed by atoms with Crippen molar-refractivity contribution in [1.29, 1.82) is 0 Å². The first-order valence-corrected chi connectivity index (χ1v) is 5.63. The van der Waals surface area contributed by atoms with Crippen molar-refractivity contribution in [3.05, 3.63) is 48.0 Å². The fourth-order valence-electron chi connectivity index (χ4n) is 1.51. The lowest BCUT2D eigenvalue weighted by molar-refractivity contribution is 0.120. The molecular weight excluding hydrogens is 228 g/mol. The maximum absolute atomic E-state index is 5.75. The molecule has 0 unspecified atom stereocenters. The van der Waals surface area contributed by atoms with Crippen LogP contribution in [0.2, 0.25) is 0 Å². The van der Waals surface area contributed by atoms with E-state index in [1.54, 1.807) is 18.2 Å². The van der Waals surface area contributed by atoms with Gasteiger partial charge >= 0.3 is 0 Å². The molecule has 0 aliphatic heterocycles. The maximum Gasteiger partial charge on any atom is 0.230 e. The number of anilines is 2. The Kier molecular flexibility index (Phi) is 3.57. The molecule has 0 amide bonds. The van der Waals surface area contributed by atoms with Crippen LogP contribution in [0.15, 0.2) is 42.5 Å². The minimum atomic E-state index is 0.109. The standard InChI is InChI=1S/C14H16N2O2/c1-10-8-11(6-7-12(10)15)17-9-18-14-5-3-2-4-13(14)16/h2-8H,9,15-16H2,1H3. The SMILES string of the molecule is Cc1cc(OCOc2ccccc2N)ccc1N. The maximum atomic E-state index is 5.75. The highest BCUT2D eigenvalue weighted by Gasteiger charge is 2.00. The third-order valence-corrected chi connectivity index (χ3v) is 2.60. The predicted octanol–water partition coefficient (Wildman–Crippen LogP) is 2.57. The second kappa shape index (κ2) is 5.31. The van der Waals surface area contributed by atoms with Gasteiger partial charge in [0.2, 0.25) is 6.79 Å². The minimum Gasteiger partial charge on any atom is -0.457 e. The van der Waals surface area contributed by atoms with Gasteiger partial charge in [-0.1, -0.05) is 12.1 Å². The van der Waals surface area contributed by atoms with Gasteiger partial charge in [-0.15, -0.1) is 0 Å². The number of rotatable bonds is 4. The van der Waals surface area contributed by atoms with Crippen LogP contribution >= 0.6 is 0 Å². The lowest BCUT2D eigenvalue weighted by atomic mass is 10.2. The lowest BCUT2D eigenvalue weighted by Crippen LogP contribution is -2.07. The summed E-state index contributed by atoms with van der Waals surface area (Å²) in [6.07, 6.45) is 0. The van der Waals surface area contributed by atoms with Gasteiger partial charge in [-0.3, -0.25) is 0 Å². The van der Waals surface area contributed by atoms with E-state index in [4.69, 9.17) is 20.9 Å². The highest BCUT2D eigenvalue weighted by Crippen LogP contribution is 2.21.